The van der Waals surface area contributed by atoms with Gasteiger partial charge in [-0.15, -0.1) is 0 Å². The summed E-state index contributed by atoms with van der Waals surface area (Å²) in [7, 11) is 0. The molecule has 0 radical (unpaired) electrons. The number of carboxylic acids is 1. The molecule has 1 aliphatic heterocycles. The lowest BCUT2D eigenvalue weighted by Crippen LogP contribution is -2.34. The molecule has 0 aliphatic carbocycles. The predicted octanol–water partition coefficient (Wildman–Crippen LogP) is 0.728. The predicted molar refractivity (Wildman–Crippen MR) is 63.1 cm³/mol. The minimum absolute atomic E-state index is 0.0755. The van der Waals surface area contributed by atoms with Gasteiger partial charge in [-0.2, -0.15) is 0 Å². The quantitative estimate of drug-likeness (QED) is 0.763. The number of aromatic nitrogens is 1. The highest BCUT2D eigenvalue weighted by Gasteiger charge is 2.44. The molecule has 1 aliphatic rings. The van der Waals surface area contributed by atoms with Crippen molar-refractivity contribution in [2.75, 3.05) is 18.9 Å². The van der Waals surface area contributed by atoms with E-state index in [0.29, 0.717) is 24.4 Å². The Bertz CT molecular complexity index is 463. The van der Waals surface area contributed by atoms with Gasteiger partial charge in [-0.25, -0.2) is 4.98 Å². The van der Waals surface area contributed by atoms with Crippen molar-refractivity contribution in [1.82, 2.24) is 4.98 Å². The van der Waals surface area contributed by atoms with Gasteiger partial charge in [0.1, 0.15) is 11.2 Å². The van der Waals surface area contributed by atoms with Crippen molar-refractivity contribution >= 4 is 17.6 Å². The van der Waals surface area contributed by atoms with Crippen LogP contribution in [0, 0.1) is 5.41 Å². The highest BCUT2D eigenvalue weighted by atomic mass is 16.5. The minimum Gasteiger partial charge on any atom is -0.481 e. The molecular weight excluding hydrogens is 236 g/mol. The second-order valence-electron chi connectivity index (χ2n) is 4.46. The van der Waals surface area contributed by atoms with Crippen LogP contribution in [0.25, 0.3) is 0 Å². The third-order valence-corrected chi connectivity index (χ3v) is 3.16. The number of nitrogen functional groups attached to an aromatic ring is 1. The zero-order valence-electron chi connectivity index (χ0n) is 9.76. The number of pyridine rings is 1. The molecule has 18 heavy (non-hydrogen) atoms. The van der Waals surface area contributed by atoms with E-state index in [0.717, 1.165) is 0 Å². The summed E-state index contributed by atoms with van der Waals surface area (Å²) >= 11 is 0. The van der Waals surface area contributed by atoms with Crippen molar-refractivity contribution in [1.29, 1.82) is 0 Å². The molecule has 1 saturated heterocycles. The van der Waals surface area contributed by atoms with E-state index in [1.54, 1.807) is 6.07 Å². The van der Waals surface area contributed by atoms with Crippen molar-refractivity contribution in [2.24, 2.45) is 5.41 Å². The second kappa shape index (κ2) is 4.73. The number of hydrogen-bond acceptors (Lipinski definition) is 5. The number of aliphatic carboxylic acids is 1. The fraction of sp³-hybridized carbons (Fsp3) is 0.417. The molecule has 1 aromatic heterocycles. The number of Topliss-reactive ketones (excluding diaryl/α,β-unsaturated/α-hetero) is 1. The van der Waals surface area contributed by atoms with E-state index in [-0.39, 0.29) is 18.8 Å². The summed E-state index contributed by atoms with van der Waals surface area (Å²) in [5.41, 5.74) is 4.70. The first kappa shape index (κ1) is 12.5. The van der Waals surface area contributed by atoms with E-state index in [1.165, 1.54) is 12.3 Å². The van der Waals surface area contributed by atoms with Crippen LogP contribution in [0.2, 0.25) is 0 Å². The summed E-state index contributed by atoms with van der Waals surface area (Å²) in [6.45, 7) is 0.454. The van der Waals surface area contributed by atoms with Gasteiger partial charge in [0.25, 0.3) is 0 Å². The molecule has 6 nitrogen and oxygen atoms in total. The summed E-state index contributed by atoms with van der Waals surface area (Å²) in [5, 5.41) is 9.24. The third kappa shape index (κ3) is 2.33. The second-order valence-corrected chi connectivity index (χ2v) is 4.46. The van der Waals surface area contributed by atoms with Gasteiger partial charge in [0, 0.05) is 24.8 Å². The van der Waals surface area contributed by atoms with E-state index in [1.807, 2.05) is 0 Å². The maximum absolute atomic E-state index is 12.0. The molecule has 0 amide bonds. The standard InChI is InChI=1S/C12H14N2O4/c13-10-2-1-8(6-14-10)9(15)5-12(11(16)17)3-4-18-7-12/h1-2,6H,3-5,7H2,(H2,13,14)(H,16,17)/t12-/m0/s1. The highest BCUT2D eigenvalue weighted by Crippen LogP contribution is 2.34. The van der Waals surface area contributed by atoms with Crippen LogP contribution in [0.1, 0.15) is 23.2 Å². The number of carboxylic acid groups (broad SMARTS) is 1. The molecule has 0 aromatic carbocycles. The van der Waals surface area contributed by atoms with Gasteiger partial charge in [-0.3, -0.25) is 9.59 Å². The summed E-state index contributed by atoms with van der Waals surface area (Å²) in [6.07, 6.45) is 1.65. The maximum Gasteiger partial charge on any atom is 0.312 e. The number of carbonyl (C=O) groups excluding carboxylic acids is 1. The van der Waals surface area contributed by atoms with Crippen LogP contribution >= 0.6 is 0 Å². The van der Waals surface area contributed by atoms with Crippen LogP contribution in [0.4, 0.5) is 5.82 Å². The minimum atomic E-state index is -1.10. The zero-order chi connectivity index (χ0) is 13.2. The van der Waals surface area contributed by atoms with Crippen LogP contribution in [0.5, 0.6) is 0 Å². The number of carbonyl (C=O) groups is 2. The topological polar surface area (TPSA) is 103 Å². The smallest absolute Gasteiger partial charge is 0.312 e. The first-order valence-corrected chi connectivity index (χ1v) is 5.59. The molecule has 2 rings (SSSR count). The first-order valence-electron chi connectivity index (χ1n) is 5.59. The van der Waals surface area contributed by atoms with E-state index in [4.69, 9.17) is 10.5 Å². The van der Waals surface area contributed by atoms with Gasteiger partial charge in [0.2, 0.25) is 0 Å². The fourth-order valence-corrected chi connectivity index (χ4v) is 1.97. The lowest BCUT2D eigenvalue weighted by atomic mass is 9.81. The van der Waals surface area contributed by atoms with Gasteiger partial charge < -0.3 is 15.6 Å². The summed E-state index contributed by atoms with van der Waals surface area (Å²) < 4.78 is 5.11. The highest BCUT2D eigenvalue weighted by molar-refractivity contribution is 5.98. The third-order valence-electron chi connectivity index (χ3n) is 3.16. The average Bonchev–Trinajstić information content (AvgIpc) is 2.79. The summed E-state index contributed by atoms with van der Waals surface area (Å²) in [6, 6.07) is 3.07. The Labute approximate surface area is 104 Å². The molecule has 6 heteroatoms. The normalized spacial score (nSPS) is 22.9. The van der Waals surface area contributed by atoms with Gasteiger partial charge in [0.15, 0.2) is 5.78 Å². The molecule has 1 atom stereocenters. The van der Waals surface area contributed by atoms with Gasteiger partial charge in [0.05, 0.1) is 6.61 Å². The molecule has 0 unspecified atom stereocenters. The Morgan fingerprint density at radius 1 is 1.50 bits per heavy atom. The average molecular weight is 250 g/mol. The Morgan fingerprint density at radius 2 is 2.28 bits per heavy atom. The Hall–Kier alpha value is -1.95. The van der Waals surface area contributed by atoms with E-state index < -0.39 is 11.4 Å². The largest absolute Gasteiger partial charge is 0.481 e. The Kier molecular flexibility index (Phi) is 3.29. The van der Waals surface area contributed by atoms with Gasteiger partial charge in [-0.05, 0) is 18.6 Å². The van der Waals surface area contributed by atoms with Gasteiger partial charge in [-0.1, -0.05) is 0 Å². The maximum atomic E-state index is 12.0. The number of ketones is 1. The number of rotatable bonds is 4. The van der Waals surface area contributed by atoms with E-state index in [2.05, 4.69) is 4.98 Å². The van der Waals surface area contributed by atoms with Crippen LogP contribution in [-0.4, -0.2) is 35.1 Å². The molecule has 3 N–H and O–H groups in total. The summed E-state index contributed by atoms with van der Waals surface area (Å²) in [5.74, 6) is -0.921. The molecule has 96 valence electrons. The van der Waals surface area contributed by atoms with Crippen molar-refractivity contribution < 1.29 is 19.4 Å². The van der Waals surface area contributed by atoms with Crippen molar-refractivity contribution in [3.63, 3.8) is 0 Å². The molecule has 2 heterocycles. The molecule has 1 aromatic rings. The van der Waals surface area contributed by atoms with Crippen molar-refractivity contribution in [3.05, 3.63) is 23.9 Å². The van der Waals surface area contributed by atoms with Crippen LogP contribution < -0.4 is 5.73 Å². The van der Waals surface area contributed by atoms with Crippen molar-refractivity contribution in [2.45, 2.75) is 12.8 Å². The number of anilines is 1. The van der Waals surface area contributed by atoms with Crippen molar-refractivity contribution in [3.8, 4) is 0 Å². The van der Waals surface area contributed by atoms with Crippen LogP contribution in [0.15, 0.2) is 18.3 Å². The molecular formula is C12H14N2O4. The number of nitrogens with two attached hydrogens (primary N) is 1. The van der Waals surface area contributed by atoms with E-state index in [9.17, 15) is 14.7 Å². The number of nitrogens with zero attached hydrogens (tertiary/aromatic N) is 1. The molecule has 1 fully saturated rings. The van der Waals surface area contributed by atoms with Crippen LogP contribution in [0.3, 0.4) is 0 Å². The van der Waals surface area contributed by atoms with Gasteiger partial charge >= 0.3 is 5.97 Å². The monoisotopic (exact) mass is 250 g/mol. The lowest BCUT2D eigenvalue weighted by Gasteiger charge is -2.20. The number of hydrogen-bond donors (Lipinski definition) is 2. The first-order chi connectivity index (χ1) is 8.53. The molecule has 0 spiro atoms. The Morgan fingerprint density at radius 3 is 2.78 bits per heavy atom. The fourth-order valence-electron chi connectivity index (χ4n) is 1.97. The summed E-state index contributed by atoms with van der Waals surface area (Å²) in [4.78, 5) is 27.1. The number of ether oxygens (including phenoxy) is 1. The SMILES string of the molecule is Nc1ccc(C(=O)C[C@@]2(C(=O)O)CCOC2)cn1. The molecule has 0 bridgehead atoms. The molecule has 0 saturated carbocycles. The zero-order valence-corrected chi connectivity index (χ0v) is 9.76. The Balaban J connectivity index is 2.15. The van der Waals surface area contributed by atoms with E-state index >= 15 is 0 Å². The lowest BCUT2D eigenvalue weighted by molar-refractivity contribution is -0.148. The van der Waals surface area contributed by atoms with Crippen LogP contribution in [-0.2, 0) is 9.53 Å².